The van der Waals surface area contributed by atoms with Crippen LogP contribution in [0.2, 0.25) is 0 Å². The Bertz CT molecular complexity index is 1010. The van der Waals surface area contributed by atoms with Crippen molar-refractivity contribution in [2.24, 2.45) is 11.3 Å². The number of Topliss-reactive ketones (excluding diaryl/α,β-unsaturated/α-hetero) is 1. The van der Waals surface area contributed by atoms with Gasteiger partial charge in [-0.3, -0.25) is 14.5 Å². The summed E-state index contributed by atoms with van der Waals surface area (Å²) in [4.78, 5) is 41.9. The topological polar surface area (TPSA) is 66.9 Å². The Kier molecular flexibility index (Phi) is 5.33. The van der Waals surface area contributed by atoms with E-state index in [-0.39, 0.29) is 29.1 Å². The number of benzene rings is 2. The van der Waals surface area contributed by atoms with Gasteiger partial charge in [-0.15, -0.1) is 0 Å². The fourth-order valence-corrected chi connectivity index (χ4v) is 5.34. The van der Waals surface area contributed by atoms with E-state index in [1.54, 1.807) is 0 Å². The summed E-state index contributed by atoms with van der Waals surface area (Å²) < 4.78 is 5.57. The van der Waals surface area contributed by atoms with Gasteiger partial charge in [-0.1, -0.05) is 60.7 Å². The van der Waals surface area contributed by atoms with Gasteiger partial charge in [0.05, 0.1) is 12.6 Å². The highest BCUT2D eigenvalue weighted by Gasteiger charge is 2.61. The fraction of sp³-hybridized carbons (Fsp3) is 0.423. The van der Waals surface area contributed by atoms with E-state index < -0.39 is 12.2 Å². The smallest absolute Gasteiger partial charge is 0.417 e. The largest absolute Gasteiger partial charge is 0.439 e. The lowest BCUT2D eigenvalue weighted by molar-refractivity contribution is -0.131. The summed E-state index contributed by atoms with van der Waals surface area (Å²) in [7, 11) is 0. The first-order valence-corrected chi connectivity index (χ1v) is 11.4. The second-order valence-corrected chi connectivity index (χ2v) is 9.35. The van der Waals surface area contributed by atoms with Crippen molar-refractivity contribution in [2.75, 3.05) is 19.6 Å². The average Bonchev–Trinajstić information content (AvgIpc) is 3.44. The molecule has 2 aromatic carbocycles. The van der Waals surface area contributed by atoms with Crippen LogP contribution in [0.5, 0.6) is 0 Å². The lowest BCUT2D eigenvalue weighted by Crippen LogP contribution is -2.42. The number of amides is 2. The van der Waals surface area contributed by atoms with Gasteiger partial charge in [0.15, 0.2) is 5.78 Å². The molecule has 2 aromatic rings. The van der Waals surface area contributed by atoms with Gasteiger partial charge in [0.2, 0.25) is 5.91 Å². The molecule has 1 aliphatic carbocycles. The highest BCUT2D eigenvalue weighted by molar-refractivity contribution is 5.98. The molecule has 6 nitrogen and oxygen atoms in total. The van der Waals surface area contributed by atoms with E-state index in [0.717, 1.165) is 43.5 Å². The number of cyclic esters (lactones) is 1. The molecule has 3 fully saturated rings. The van der Waals surface area contributed by atoms with E-state index >= 15 is 0 Å². The van der Waals surface area contributed by atoms with E-state index in [9.17, 15) is 14.4 Å². The molecule has 1 spiro atoms. The van der Waals surface area contributed by atoms with Gasteiger partial charge in [-0.05, 0) is 50.3 Å². The van der Waals surface area contributed by atoms with Crippen molar-refractivity contribution in [2.45, 2.75) is 38.3 Å². The van der Waals surface area contributed by atoms with Crippen molar-refractivity contribution < 1.29 is 19.1 Å². The second-order valence-electron chi connectivity index (χ2n) is 9.35. The number of carbonyl (C=O) groups is 3. The second kappa shape index (κ2) is 8.17. The molecule has 0 bridgehead atoms. The number of imide groups is 1. The molecule has 2 saturated heterocycles. The molecule has 5 rings (SSSR count). The Morgan fingerprint density at radius 2 is 1.62 bits per heavy atom. The van der Waals surface area contributed by atoms with Crippen LogP contribution in [0, 0.1) is 11.3 Å². The number of ether oxygens (including phenoxy) is 1. The Morgan fingerprint density at radius 1 is 1.00 bits per heavy atom. The molecular weight excluding hydrogens is 404 g/mol. The standard InChI is InChI=1S/C26H28N2O4/c1-18-23(20-10-6-3-7-11-20)32-25(31)28(18)24(30)21-16-26(21)12-14-27(15-13-26)17-22(29)19-8-4-2-5-9-19/h2-11,18,21,23H,12-17H2,1H3/t18-,21-,23-/m1/s1. The van der Waals surface area contributed by atoms with Crippen LogP contribution >= 0.6 is 0 Å². The zero-order valence-corrected chi connectivity index (χ0v) is 18.3. The molecule has 2 heterocycles. The molecule has 2 amide bonds. The van der Waals surface area contributed by atoms with E-state index in [2.05, 4.69) is 4.90 Å². The van der Waals surface area contributed by atoms with Crippen molar-refractivity contribution in [3.8, 4) is 0 Å². The Hall–Kier alpha value is -2.99. The molecule has 3 atom stereocenters. The van der Waals surface area contributed by atoms with Gasteiger partial charge in [0, 0.05) is 11.5 Å². The van der Waals surface area contributed by atoms with Crippen molar-refractivity contribution in [3.63, 3.8) is 0 Å². The predicted octanol–water partition coefficient (Wildman–Crippen LogP) is 4.08. The van der Waals surface area contributed by atoms with E-state index in [1.807, 2.05) is 67.6 Å². The van der Waals surface area contributed by atoms with Gasteiger partial charge >= 0.3 is 6.09 Å². The van der Waals surface area contributed by atoms with Crippen molar-refractivity contribution >= 4 is 17.8 Å². The van der Waals surface area contributed by atoms with E-state index in [1.165, 1.54) is 4.90 Å². The van der Waals surface area contributed by atoms with Crippen LogP contribution in [0.3, 0.4) is 0 Å². The molecule has 2 aliphatic heterocycles. The molecule has 1 saturated carbocycles. The van der Waals surface area contributed by atoms with Crippen LogP contribution < -0.4 is 0 Å². The minimum Gasteiger partial charge on any atom is -0.439 e. The van der Waals surface area contributed by atoms with E-state index in [4.69, 9.17) is 4.74 Å². The zero-order valence-electron chi connectivity index (χ0n) is 18.3. The van der Waals surface area contributed by atoms with E-state index in [0.29, 0.717) is 6.54 Å². The first kappa shape index (κ1) is 20.9. The van der Waals surface area contributed by atoms with Crippen molar-refractivity contribution in [1.29, 1.82) is 0 Å². The summed E-state index contributed by atoms with van der Waals surface area (Å²) in [5, 5.41) is 0. The highest BCUT2D eigenvalue weighted by Crippen LogP contribution is 2.60. The Labute approximate surface area is 188 Å². The molecule has 0 N–H and O–H groups in total. The van der Waals surface area contributed by atoms with Crippen LogP contribution in [0.25, 0.3) is 0 Å². The lowest BCUT2D eigenvalue weighted by Gasteiger charge is -2.32. The fourth-order valence-electron chi connectivity index (χ4n) is 5.34. The highest BCUT2D eigenvalue weighted by atomic mass is 16.6. The maximum Gasteiger partial charge on any atom is 0.417 e. The third-order valence-corrected chi connectivity index (χ3v) is 7.44. The predicted molar refractivity (Wildman–Crippen MR) is 119 cm³/mol. The summed E-state index contributed by atoms with van der Waals surface area (Å²) in [6, 6.07) is 18.6. The summed E-state index contributed by atoms with van der Waals surface area (Å²) in [6.45, 7) is 3.89. The lowest BCUT2D eigenvalue weighted by atomic mass is 9.90. The first-order valence-electron chi connectivity index (χ1n) is 11.4. The maximum absolute atomic E-state index is 13.3. The third-order valence-electron chi connectivity index (χ3n) is 7.44. The number of hydrogen-bond acceptors (Lipinski definition) is 5. The molecular formula is C26H28N2O4. The molecule has 6 heteroatoms. The summed E-state index contributed by atoms with van der Waals surface area (Å²) in [5.74, 6) is -0.0979. The van der Waals surface area contributed by atoms with Gasteiger partial charge in [-0.2, -0.15) is 0 Å². The van der Waals surface area contributed by atoms with Gasteiger partial charge < -0.3 is 4.74 Å². The molecule has 166 valence electrons. The number of carbonyl (C=O) groups excluding carboxylic acids is 3. The molecule has 32 heavy (non-hydrogen) atoms. The van der Waals surface area contributed by atoms with Crippen molar-refractivity contribution in [1.82, 2.24) is 9.80 Å². The Balaban J connectivity index is 1.18. The van der Waals surface area contributed by atoms with Gasteiger partial charge in [0.25, 0.3) is 0 Å². The maximum atomic E-state index is 13.3. The first-order chi connectivity index (χ1) is 15.5. The van der Waals surface area contributed by atoms with Crippen LogP contribution in [0.4, 0.5) is 4.79 Å². The van der Waals surface area contributed by atoms with Gasteiger partial charge in [-0.25, -0.2) is 9.69 Å². The minimum atomic E-state index is -0.538. The Morgan fingerprint density at radius 3 is 2.28 bits per heavy atom. The summed E-state index contributed by atoms with van der Waals surface area (Å²) in [5.41, 5.74) is 1.61. The quantitative estimate of drug-likeness (QED) is 0.666. The normalized spacial score (nSPS) is 26.7. The van der Waals surface area contributed by atoms with Crippen LogP contribution in [-0.2, 0) is 9.53 Å². The van der Waals surface area contributed by atoms with Crippen molar-refractivity contribution in [3.05, 3.63) is 71.8 Å². The third kappa shape index (κ3) is 3.73. The molecule has 3 aliphatic rings. The number of likely N-dealkylation sites (tertiary alicyclic amines) is 1. The number of hydrogen-bond donors (Lipinski definition) is 0. The van der Waals surface area contributed by atoms with Crippen LogP contribution in [0.15, 0.2) is 60.7 Å². The summed E-state index contributed by atoms with van der Waals surface area (Å²) >= 11 is 0. The molecule has 0 radical (unpaired) electrons. The zero-order chi connectivity index (χ0) is 22.3. The van der Waals surface area contributed by atoms with Crippen LogP contribution in [0.1, 0.15) is 48.2 Å². The molecule has 0 unspecified atom stereocenters. The average molecular weight is 433 g/mol. The number of ketones is 1. The summed E-state index contributed by atoms with van der Waals surface area (Å²) in [6.07, 6.45) is 1.62. The molecule has 0 aromatic heterocycles. The number of nitrogens with zero attached hydrogens (tertiary/aromatic N) is 2. The minimum absolute atomic E-state index is 0.0335. The van der Waals surface area contributed by atoms with Crippen LogP contribution in [-0.4, -0.2) is 53.3 Å². The van der Waals surface area contributed by atoms with Gasteiger partial charge in [0.1, 0.15) is 6.10 Å². The number of rotatable bonds is 5. The number of piperidine rings is 1. The SMILES string of the molecule is C[C@@H]1[C@H](c2ccccc2)OC(=O)N1C(=O)[C@H]1CC12CCN(CC(=O)c1ccccc1)CC2. The monoisotopic (exact) mass is 432 g/mol.